The number of nitrogens with zero attached hydrogens (tertiary/aromatic N) is 1. The highest BCUT2D eigenvalue weighted by Crippen LogP contribution is 2.40. The average molecular weight is 451 g/mol. The van der Waals surface area contributed by atoms with E-state index in [0.717, 1.165) is 5.56 Å². The van der Waals surface area contributed by atoms with Crippen molar-refractivity contribution in [2.24, 2.45) is 0 Å². The van der Waals surface area contributed by atoms with Crippen molar-refractivity contribution < 1.29 is 14.3 Å². The molecule has 29 heavy (non-hydrogen) atoms. The van der Waals surface area contributed by atoms with Crippen molar-refractivity contribution in [3.05, 3.63) is 68.7 Å². The van der Waals surface area contributed by atoms with Gasteiger partial charge in [0.1, 0.15) is 11.4 Å². The van der Waals surface area contributed by atoms with Gasteiger partial charge in [0.25, 0.3) is 0 Å². The number of amides is 1. The third kappa shape index (κ3) is 4.30. The van der Waals surface area contributed by atoms with Gasteiger partial charge < -0.3 is 9.64 Å². The van der Waals surface area contributed by atoms with E-state index in [0.29, 0.717) is 58.7 Å². The molecule has 0 unspecified atom stereocenters. The summed E-state index contributed by atoms with van der Waals surface area (Å²) in [6, 6.07) is 10.2. The van der Waals surface area contributed by atoms with Crippen LogP contribution >= 0.6 is 34.8 Å². The number of halogens is 3. The number of ketones is 1. The lowest BCUT2D eigenvalue weighted by atomic mass is 9.82. The smallest absolute Gasteiger partial charge is 0.246 e. The van der Waals surface area contributed by atoms with Gasteiger partial charge in [-0.25, -0.2) is 0 Å². The van der Waals surface area contributed by atoms with Crippen molar-refractivity contribution >= 4 is 52.6 Å². The summed E-state index contributed by atoms with van der Waals surface area (Å²) in [7, 11) is 0. The minimum absolute atomic E-state index is 0.0332. The summed E-state index contributed by atoms with van der Waals surface area (Å²) in [6.45, 7) is 1.04. The second-order valence-electron chi connectivity index (χ2n) is 7.35. The lowest BCUT2D eigenvalue weighted by Gasteiger charge is -2.43. The van der Waals surface area contributed by atoms with Crippen LogP contribution in [0.2, 0.25) is 15.1 Å². The number of likely N-dealkylation sites (tertiary alicyclic amines) is 1. The Morgan fingerprint density at radius 1 is 1.03 bits per heavy atom. The van der Waals surface area contributed by atoms with Gasteiger partial charge in [-0.1, -0.05) is 40.9 Å². The van der Waals surface area contributed by atoms with Crippen LogP contribution in [0.25, 0.3) is 6.08 Å². The molecule has 2 aromatic carbocycles. The topological polar surface area (TPSA) is 46.6 Å². The number of fused-ring (bicyclic) bond motifs is 1. The first-order valence-electron chi connectivity index (χ1n) is 9.29. The maximum Gasteiger partial charge on any atom is 0.246 e. The molecule has 4 rings (SSSR count). The van der Waals surface area contributed by atoms with E-state index in [2.05, 4.69) is 0 Å². The molecule has 0 radical (unpaired) electrons. The molecule has 0 atom stereocenters. The first kappa shape index (κ1) is 20.3. The van der Waals surface area contributed by atoms with Crippen LogP contribution in [-0.2, 0) is 4.79 Å². The van der Waals surface area contributed by atoms with Crippen LogP contribution in [0.4, 0.5) is 0 Å². The molecule has 1 saturated heterocycles. The lowest BCUT2D eigenvalue weighted by molar-refractivity contribution is -0.129. The molecule has 150 valence electrons. The number of piperidine rings is 1. The highest BCUT2D eigenvalue weighted by molar-refractivity contribution is 6.35. The summed E-state index contributed by atoms with van der Waals surface area (Å²) in [5, 5.41) is 1.56. The largest absolute Gasteiger partial charge is 0.486 e. The standard InChI is InChI=1S/C22H18Cl3NO3/c23-15-4-5-20-17(11-15)19(27)13-22(29-20)7-9-26(10-8-22)21(28)6-2-14-1-3-16(24)12-18(14)25/h1-6,11-12H,7-10,13H2/b6-2+. The predicted molar refractivity (Wildman–Crippen MR) is 115 cm³/mol. The number of rotatable bonds is 2. The molecular weight excluding hydrogens is 433 g/mol. The summed E-state index contributed by atoms with van der Waals surface area (Å²) in [4.78, 5) is 26.9. The highest BCUT2D eigenvalue weighted by Gasteiger charge is 2.43. The molecule has 0 saturated carbocycles. The number of ether oxygens (including phenoxy) is 1. The van der Waals surface area contributed by atoms with E-state index in [4.69, 9.17) is 39.5 Å². The summed E-state index contributed by atoms with van der Waals surface area (Å²) in [6.07, 6.45) is 4.70. The van der Waals surface area contributed by atoms with E-state index in [-0.39, 0.29) is 11.7 Å². The van der Waals surface area contributed by atoms with Gasteiger partial charge >= 0.3 is 0 Å². The summed E-state index contributed by atoms with van der Waals surface area (Å²) in [5.41, 5.74) is 0.705. The zero-order chi connectivity index (χ0) is 20.6. The van der Waals surface area contributed by atoms with Crippen molar-refractivity contribution in [2.45, 2.75) is 24.9 Å². The molecule has 4 nitrogen and oxygen atoms in total. The van der Waals surface area contributed by atoms with Gasteiger partial charge in [0.05, 0.1) is 12.0 Å². The van der Waals surface area contributed by atoms with Crippen LogP contribution in [0.15, 0.2) is 42.5 Å². The first-order valence-corrected chi connectivity index (χ1v) is 10.4. The van der Waals surface area contributed by atoms with E-state index in [1.807, 2.05) is 0 Å². The molecule has 0 bridgehead atoms. The van der Waals surface area contributed by atoms with Crippen LogP contribution in [0.1, 0.15) is 35.2 Å². The molecule has 2 aromatic rings. The van der Waals surface area contributed by atoms with Gasteiger partial charge in [0, 0.05) is 47.1 Å². The van der Waals surface area contributed by atoms with E-state index in [1.165, 1.54) is 6.08 Å². The second kappa shape index (κ2) is 8.02. The minimum Gasteiger partial charge on any atom is -0.486 e. The van der Waals surface area contributed by atoms with Crippen LogP contribution < -0.4 is 4.74 Å². The Bertz CT molecular complexity index is 1010. The number of Topliss-reactive ketones (excluding diaryl/α,β-unsaturated/α-hetero) is 1. The molecule has 2 heterocycles. The zero-order valence-corrected chi connectivity index (χ0v) is 17.7. The number of benzene rings is 2. The van der Waals surface area contributed by atoms with Gasteiger partial charge in [-0.05, 0) is 42.0 Å². The summed E-state index contributed by atoms with van der Waals surface area (Å²) in [5.74, 6) is 0.508. The third-order valence-electron chi connectivity index (χ3n) is 5.41. The van der Waals surface area contributed by atoms with E-state index in [1.54, 1.807) is 47.4 Å². The Morgan fingerprint density at radius 3 is 2.45 bits per heavy atom. The van der Waals surface area contributed by atoms with Crippen LogP contribution in [0.3, 0.4) is 0 Å². The van der Waals surface area contributed by atoms with Crippen LogP contribution in [0.5, 0.6) is 5.75 Å². The quantitative estimate of drug-likeness (QED) is 0.552. The Hall–Kier alpha value is -2.01. The molecule has 0 N–H and O–H groups in total. The van der Waals surface area contributed by atoms with E-state index in [9.17, 15) is 9.59 Å². The fourth-order valence-corrected chi connectivity index (χ4v) is 4.43. The van der Waals surface area contributed by atoms with Crippen molar-refractivity contribution in [2.75, 3.05) is 13.1 Å². The van der Waals surface area contributed by atoms with Crippen molar-refractivity contribution in [1.29, 1.82) is 0 Å². The molecule has 2 aliphatic rings. The second-order valence-corrected chi connectivity index (χ2v) is 8.63. The average Bonchev–Trinajstić information content (AvgIpc) is 2.68. The number of hydrogen-bond acceptors (Lipinski definition) is 3. The maximum absolute atomic E-state index is 12.6. The Morgan fingerprint density at radius 2 is 1.72 bits per heavy atom. The molecule has 2 aliphatic heterocycles. The van der Waals surface area contributed by atoms with Crippen molar-refractivity contribution in [3.63, 3.8) is 0 Å². The molecule has 1 spiro atoms. The monoisotopic (exact) mass is 449 g/mol. The predicted octanol–water partition coefficient (Wildman–Crippen LogP) is 5.69. The Balaban J connectivity index is 1.41. The Kier molecular flexibility index (Phi) is 5.60. The van der Waals surface area contributed by atoms with Crippen LogP contribution in [-0.4, -0.2) is 35.3 Å². The number of hydrogen-bond donors (Lipinski definition) is 0. The van der Waals surface area contributed by atoms with Crippen molar-refractivity contribution in [1.82, 2.24) is 4.90 Å². The van der Waals surface area contributed by atoms with Gasteiger partial charge in [0.15, 0.2) is 5.78 Å². The lowest BCUT2D eigenvalue weighted by Crippen LogP contribution is -2.52. The van der Waals surface area contributed by atoms with Gasteiger partial charge in [-0.15, -0.1) is 0 Å². The van der Waals surface area contributed by atoms with Gasteiger partial charge in [-0.3, -0.25) is 9.59 Å². The SMILES string of the molecule is O=C1CC2(CCN(C(=O)/C=C/c3ccc(Cl)cc3Cl)CC2)Oc2ccc(Cl)cc21. The molecule has 1 fully saturated rings. The third-order valence-corrected chi connectivity index (χ3v) is 6.20. The number of carbonyl (C=O) groups excluding carboxylic acids is 2. The molecule has 0 aromatic heterocycles. The molecule has 7 heteroatoms. The van der Waals surface area contributed by atoms with Gasteiger partial charge in [0.2, 0.25) is 5.91 Å². The molecule has 0 aliphatic carbocycles. The summed E-state index contributed by atoms with van der Waals surface area (Å²) < 4.78 is 6.20. The highest BCUT2D eigenvalue weighted by atomic mass is 35.5. The van der Waals surface area contributed by atoms with Crippen molar-refractivity contribution in [3.8, 4) is 5.75 Å². The molecule has 1 amide bonds. The molecular formula is C22H18Cl3NO3. The number of carbonyl (C=O) groups is 2. The zero-order valence-electron chi connectivity index (χ0n) is 15.5. The fourth-order valence-electron chi connectivity index (χ4n) is 3.78. The normalized spacial score (nSPS) is 18.0. The first-order chi connectivity index (χ1) is 13.8. The van der Waals surface area contributed by atoms with Gasteiger partial charge in [-0.2, -0.15) is 0 Å². The van der Waals surface area contributed by atoms with E-state index < -0.39 is 5.60 Å². The summed E-state index contributed by atoms with van der Waals surface area (Å²) >= 11 is 18.0. The fraction of sp³-hybridized carbons (Fsp3) is 0.273. The Labute approximate surface area is 184 Å². The van der Waals surface area contributed by atoms with Crippen LogP contribution in [0, 0.1) is 0 Å². The maximum atomic E-state index is 12.6. The van der Waals surface area contributed by atoms with E-state index >= 15 is 0 Å². The minimum atomic E-state index is -0.558.